The zero-order valence-electron chi connectivity index (χ0n) is 16.9. The molecule has 3 aromatic carbocycles. The Morgan fingerprint density at radius 1 is 0.750 bits per heavy atom. The second-order valence-electron chi connectivity index (χ2n) is 7.30. The van der Waals surface area contributed by atoms with E-state index >= 15 is 0 Å². The van der Waals surface area contributed by atoms with Crippen LogP contribution in [0.4, 0.5) is 0 Å². The molecule has 0 saturated carbocycles. The van der Waals surface area contributed by atoms with Crippen LogP contribution >= 0.6 is 0 Å². The minimum atomic E-state index is -0.442. The lowest BCUT2D eigenvalue weighted by Crippen LogP contribution is -2.28. The van der Waals surface area contributed by atoms with Crippen LogP contribution in [0, 0.1) is 0 Å². The van der Waals surface area contributed by atoms with E-state index in [-0.39, 0.29) is 0 Å². The maximum Gasteiger partial charge on any atom is 0.328 e. The van der Waals surface area contributed by atoms with Gasteiger partial charge in [-0.2, -0.15) is 4.98 Å². The number of rotatable bonds is 5. The molecule has 156 valence electrons. The van der Waals surface area contributed by atoms with Crippen molar-refractivity contribution < 1.29 is 4.52 Å². The van der Waals surface area contributed by atoms with Gasteiger partial charge in [-0.15, -0.1) is 0 Å². The summed E-state index contributed by atoms with van der Waals surface area (Å²) in [7, 11) is 0. The molecular weight excluding hydrogens is 404 g/mol. The molecule has 2 aromatic heterocycles. The van der Waals surface area contributed by atoms with Crippen molar-refractivity contribution in [2.45, 2.75) is 6.54 Å². The van der Waals surface area contributed by atoms with Gasteiger partial charge in [-0.3, -0.25) is 14.3 Å². The van der Waals surface area contributed by atoms with Gasteiger partial charge >= 0.3 is 5.69 Å². The molecule has 5 aromatic rings. The Morgan fingerprint density at radius 2 is 1.41 bits per heavy atom. The first-order valence-electron chi connectivity index (χ1n) is 10.0. The third-order valence-electron chi connectivity index (χ3n) is 5.13. The van der Waals surface area contributed by atoms with Crippen LogP contribution in [0.25, 0.3) is 34.0 Å². The monoisotopic (exact) mass is 422 g/mol. The minimum Gasteiger partial charge on any atom is -0.334 e. The molecule has 0 unspecified atom stereocenters. The number of hydrogen-bond acceptors (Lipinski definition) is 5. The molecule has 7 nitrogen and oxygen atoms in total. The third kappa shape index (κ3) is 4.04. The lowest BCUT2D eigenvalue weighted by molar-refractivity contribution is 0.432. The van der Waals surface area contributed by atoms with Crippen molar-refractivity contribution in [1.82, 2.24) is 19.7 Å². The molecule has 7 heteroatoms. The van der Waals surface area contributed by atoms with Crippen LogP contribution in [0.15, 0.2) is 105 Å². The highest BCUT2D eigenvalue weighted by molar-refractivity contribution is 5.68. The van der Waals surface area contributed by atoms with Crippen molar-refractivity contribution in [2.24, 2.45) is 0 Å². The maximum absolute atomic E-state index is 11.8. The molecular formula is C25H18N4O3. The highest BCUT2D eigenvalue weighted by Crippen LogP contribution is 2.26. The van der Waals surface area contributed by atoms with Gasteiger partial charge in [0.15, 0.2) is 0 Å². The molecule has 0 aliphatic heterocycles. The molecule has 0 amide bonds. The third-order valence-corrected chi connectivity index (χ3v) is 5.13. The van der Waals surface area contributed by atoms with Crippen molar-refractivity contribution in [1.29, 1.82) is 0 Å². The van der Waals surface area contributed by atoms with E-state index in [9.17, 15) is 9.59 Å². The van der Waals surface area contributed by atoms with Crippen LogP contribution in [0.5, 0.6) is 0 Å². The number of nitrogens with one attached hydrogen (secondary N) is 1. The molecule has 0 bridgehead atoms. The van der Waals surface area contributed by atoms with Crippen molar-refractivity contribution in [2.75, 3.05) is 0 Å². The van der Waals surface area contributed by atoms with E-state index in [1.54, 1.807) is 0 Å². The minimum absolute atomic E-state index is 0.348. The van der Waals surface area contributed by atoms with Gasteiger partial charge in [0.25, 0.3) is 11.4 Å². The first kappa shape index (κ1) is 19.4. The summed E-state index contributed by atoms with van der Waals surface area (Å²) in [6.45, 7) is 0.348. The van der Waals surface area contributed by atoms with Gasteiger partial charge in [-0.1, -0.05) is 71.9 Å². The zero-order valence-corrected chi connectivity index (χ0v) is 16.9. The highest BCUT2D eigenvalue weighted by atomic mass is 16.5. The van der Waals surface area contributed by atoms with Crippen molar-refractivity contribution in [3.05, 3.63) is 118 Å². The van der Waals surface area contributed by atoms with Crippen LogP contribution in [0.2, 0.25) is 0 Å². The molecule has 0 saturated heterocycles. The standard InChI is InChI=1S/C25H18N4O3/c30-22-14-15-29(25(31)26-22)16-17-6-8-20(9-7-17)23-27-24(32-28-23)21-12-10-19(11-13-21)18-4-2-1-3-5-18/h1-15H,16H2,(H,26,30,31). The van der Waals surface area contributed by atoms with Gasteiger partial charge in [0, 0.05) is 23.4 Å². The second kappa shape index (κ2) is 8.31. The van der Waals surface area contributed by atoms with E-state index in [0.717, 1.165) is 27.8 Å². The summed E-state index contributed by atoms with van der Waals surface area (Å²) in [6.07, 6.45) is 1.48. The molecule has 2 heterocycles. The number of aromatic nitrogens is 4. The predicted molar refractivity (Wildman–Crippen MR) is 121 cm³/mol. The van der Waals surface area contributed by atoms with Crippen LogP contribution in [0.3, 0.4) is 0 Å². The Labute approximate surface area is 182 Å². The smallest absolute Gasteiger partial charge is 0.328 e. The van der Waals surface area contributed by atoms with Crippen LogP contribution in [-0.4, -0.2) is 19.7 Å². The zero-order chi connectivity index (χ0) is 21.9. The summed E-state index contributed by atoms with van der Waals surface area (Å²) in [4.78, 5) is 29.8. The first-order valence-corrected chi connectivity index (χ1v) is 10.0. The van der Waals surface area contributed by atoms with E-state index in [2.05, 4.69) is 27.3 Å². The summed E-state index contributed by atoms with van der Waals surface area (Å²) >= 11 is 0. The Kier molecular flexibility index (Phi) is 5.05. The fraction of sp³-hybridized carbons (Fsp3) is 0.0400. The fourth-order valence-electron chi connectivity index (χ4n) is 3.42. The molecule has 0 radical (unpaired) electrons. The van der Waals surface area contributed by atoms with Gasteiger partial charge < -0.3 is 4.52 Å². The Bertz CT molecular complexity index is 1460. The van der Waals surface area contributed by atoms with Crippen molar-refractivity contribution >= 4 is 0 Å². The quantitative estimate of drug-likeness (QED) is 0.463. The number of hydrogen-bond donors (Lipinski definition) is 1. The molecule has 0 aliphatic rings. The Morgan fingerprint density at radius 3 is 2.12 bits per heavy atom. The molecule has 0 fully saturated rings. The van der Waals surface area contributed by atoms with Crippen molar-refractivity contribution in [3.8, 4) is 34.0 Å². The second-order valence-corrected chi connectivity index (χ2v) is 7.30. The van der Waals surface area contributed by atoms with E-state index in [1.165, 1.54) is 16.8 Å². The van der Waals surface area contributed by atoms with Gasteiger partial charge in [0.1, 0.15) is 0 Å². The van der Waals surface area contributed by atoms with E-state index in [4.69, 9.17) is 4.52 Å². The van der Waals surface area contributed by atoms with E-state index < -0.39 is 11.2 Å². The fourth-order valence-corrected chi connectivity index (χ4v) is 3.42. The summed E-state index contributed by atoms with van der Waals surface area (Å²) in [5, 5.41) is 4.10. The molecule has 5 rings (SSSR count). The molecule has 0 atom stereocenters. The maximum atomic E-state index is 11.8. The normalized spacial score (nSPS) is 10.9. The predicted octanol–water partition coefficient (Wildman–Crippen LogP) is 3.97. The first-order chi connectivity index (χ1) is 15.7. The van der Waals surface area contributed by atoms with Crippen molar-refractivity contribution in [3.63, 3.8) is 0 Å². The average molecular weight is 422 g/mol. The van der Waals surface area contributed by atoms with E-state index in [1.807, 2.05) is 66.7 Å². The topological polar surface area (TPSA) is 93.8 Å². The SMILES string of the molecule is O=c1ccn(Cc2ccc(-c3noc(-c4ccc(-c5ccccc5)cc4)n3)cc2)c(=O)[nH]1. The Hall–Kier alpha value is -4.52. The molecule has 0 aliphatic carbocycles. The number of H-pyrrole nitrogens is 1. The van der Waals surface area contributed by atoms with Gasteiger partial charge in [0.05, 0.1) is 6.54 Å². The number of aromatic amines is 1. The van der Waals surface area contributed by atoms with E-state index in [0.29, 0.717) is 18.3 Å². The van der Waals surface area contributed by atoms with Crippen LogP contribution < -0.4 is 11.2 Å². The summed E-state index contributed by atoms with van der Waals surface area (Å²) in [5.41, 5.74) is 3.96. The Balaban J connectivity index is 1.33. The van der Waals surface area contributed by atoms with Gasteiger partial charge in [0.2, 0.25) is 5.82 Å². The summed E-state index contributed by atoms with van der Waals surface area (Å²) < 4.78 is 6.90. The molecule has 0 spiro atoms. The number of benzene rings is 3. The van der Waals surface area contributed by atoms with Crippen LogP contribution in [0.1, 0.15) is 5.56 Å². The largest absolute Gasteiger partial charge is 0.334 e. The molecule has 32 heavy (non-hydrogen) atoms. The lowest BCUT2D eigenvalue weighted by Gasteiger charge is -2.05. The number of nitrogens with zero attached hydrogens (tertiary/aromatic N) is 3. The lowest BCUT2D eigenvalue weighted by atomic mass is 10.0. The van der Waals surface area contributed by atoms with Crippen LogP contribution in [-0.2, 0) is 6.54 Å². The van der Waals surface area contributed by atoms with Gasteiger partial charge in [-0.25, -0.2) is 4.79 Å². The summed E-state index contributed by atoms with van der Waals surface area (Å²) in [6, 6.07) is 27.0. The molecule has 1 N–H and O–H groups in total. The highest BCUT2D eigenvalue weighted by Gasteiger charge is 2.11. The summed E-state index contributed by atoms with van der Waals surface area (Å²) in [5.74, 6) is 0.934. The average Bonchev–Trinajstić information content (AvgIpc) is 3.32. The van der Waals surface area contributed by atoms with Gasteiger partial charge in [-0.05, 0) is 28.8 Å².